The number of rotatable bonds is 1. The fraction of sp³-hybridized carbons (Fsp3) is 1.00. The van der Waals surface area contributed by atoms with E-state index in [1.165, 1.54) is 0 Å². The van der Waals surface area contributed by atoms with Crippen LogP contribution in [0.3, 0.4) is 0 Å². The van der Waals surface area contributed by atoms with E-state index in [0.717, 1.165) is 0 Å². The summed E-state index contributed by atoms with van der Waals surface area (Å²) < 4.78 is 4.70. The number of ether oxygens (including phenoxy) is 1. The molecule has 12 heavy (non-hydrogen) atoms. The van der Waals surface area contributed by atoms with Crippen molar-refractivity contribution in [1.29, 1.82) is 0 Å². The molecule has 0 radical (unpaired) electrons. The van der Waals surface area contributed by atoms with Crippen LogP contribution >= 0.6 is 0 Å². The van der Waals surface area contributed by atoms with Crippen molar-refractivity contribution in [3.05, 3.63) is 0 Å². The molecular formula is C6H13NO5. The Labute approximate surface area is 69.2 Å². The van der Waals surface area contributed by atoms with E-state index in [-0.39, 0.29) is 0 Å². The third-order valence-corrected chi connectivity index (χ3v) is 1.95. The monoisotopic (exact) mass is 179 g/mol. The molecule has 0 aromatic heterocycles. The Bertz CT molecular complexity index is 150. The second kappa shape index (κ2) is 3.65. The third kappa shape index (κ3) is 1.58. The lowest BCUT2D eigenvalue weighted by Gasteiger charge is -2.38. The van der Waals surface area contributed by atoms with Crippen molar-refractivity contribution in [2.45, 2.75) is 30.6 Å². The number of aliphatic hydroxyl groups is 4. The van der Waals surface area contributed by atoms with Crippen LogP contribution < -0.4 is 5.73 Å². The molecule has 0 saturated carbocycles. The SMILES string of the molecule is N[C@H]1C(O)OC(CO)[C@@H](O)C1O. The van der Waals surface area contributed by atoms with Crippen LogP contribution in [0.25, 0.3) is 0 Å². The van der Waals surface area contributed by atoms with Gasteiger partial charge in [0, 0.05) is 0 Å². The fourth-order valence-electron chi connectivity index (χ4n) is 1.12. The van der Waals surface area contributed by atoms with Crippen LogP contribution in [-0.4, -0.2) is 57.7 Å². The normalized spacial score (nSPS) is 49.2. The summed E-state index contributed by atoms with van der Waals surface area (Å²) in [5.41, 5.74) is 5.26. The molecule has 1 aliphatic rings. The first-order valence-corrected chi connectivity index (χ1v) is 3.64. The lowest BCUT2D eigenvalue weighted by Crippen LogP contribution is -2.61. The van der Waals surface area contributed by atoms with Crippen molar-refractivity contribution in [3.8, 4) is 0 Å². The number of hydrogen-bond acceptors (Lipinski definition) is 6. The van der Waals surface area contributed by atoms with Crippen LogP contribution in [0.4, 0.5) is 0 Å². The maximum absolute atomic E-state index is 9.20. The first-order valence-electron chi connectivity index (χ1n) is 3.64. The molecule has 6 N–H and O–H groups in total. The topological polar surface area (TPSA) is 116 Å². The van der Waals surface area contributed by atoms with E-state index in [1.54, 1.807) is 0 Å². The Morgan fingerprint density at radius 1 is 1.17 bits per heavy atom. The summed E-state index contributed by atoms with van der Waals surface area (Å²) in [6.07, 6.45) is -4.85. The lowest BCUT2D eigenvalue weighted by atomic mass is 9.98. The van der Waals surface area contributed by atoms with Gasteiger partial charge >= 0.3 is 0 Å². The van der Waals surface area contributed by atoms with Gasteiger partial charge in [-0.15, -0.1) is 0 Å². The summed E-state index contributed by atoms with van der Waals surface area (Å²) in [4.78, 5) is 0. The summed E-state index contributed by atoms with van der Waals surface area (Å²) in [5, 5.41) is 36.1. The van der Waals surface area contributed by atoms with Crippen LogP contribution in [0.15, 0.2) is 0 Å². The maximum Gasteiger partial charge on any atom is 0.173 e. The Morgan fingerprint density at radius 2 is 1.75 bits per heavy atom. The second-order valence-corrected chi connectivity index (χ2v) is 2.81. The predicted octanol–water partition coefficient (Wildman–Crippen LogP) is -3.25. The van der Waals surface area contributed by atoms with Crippen molar-refractivity contribution >= 4 is 0 Å². The molecule has 0 aromatic rings. The molecule has 0 aromatic carbocycles. The van der Waals surface area contributed by atoms with Gasteiger partial charge in [0.25, 0.3) is 0 Å². The standard InChI is InChI=1S/C6H13NO5/c7-3-5(10)4(9)2(1-8)12-6(3)11/h2-6,8-11H,1,7H2/t2?,3-,4-,5?,6?/m1/s1. The van der Waals surface area contributed by atoms with Gasteiger partial charge in [-0.3, -0.25) is 0 Å². The Morgan fingerprint density at radius 3 is 2.25 bits per heavy atom. The van der Waals surface area contributed by atoms with Gasteiger partial charge in [0.2, 0.25) is 0 Å². The zero-order valence-electron chi connectivity index (χ0n) is 6.37. The molecule has 3 unspecified atom stereocenters. The van der Waals surface area contributed by atoms with Crippen LogP contribution in [0.1, 0.15) is 0 Å². The van der Waals surface area contributed by atoms with E-state index in [1.807, 2.05) is 0 Å². The Kier molecular flexibility index (Phi) is 2.99. The molecule has 0 spiro atoms. The number of aliphatic hydroxyl groups excluding tert-OH is 4. The Balaban J connectivity index is 2.63. The highest BCUT2D eigenvalue weighted by atomic mass is 16.6. The van der Waals surface area contributed by atoms with Gasteiger partial charge < -0.3 is 30.9 Å². The van der Waals surface area contributed by atoms with Gasteiger partial charge in [-0.05, 0) is 0 Å². The molecular weight excluding hydrogens is 166 g/mol. The average molecular weight is 179 g/mol. The van der Waals surface area contributed by atoms with Gasteiger partial charge in [0.05, 0.1) is 12.6 Å². The number of hydrogen-bond donors (Lipinski definition) is 5. The van der Waals surface area contributed by atoms with Crippen LogP contribution in [0.5, 0.6) is 0 Å². The minimum atomic E-state index is -1.35. The zero-order chi connectivity index (χ0) is 9.30. The smallest absolute Gasteiger partial charge is 0.173 e. The average Bonchev–Trinajstić information content (AvgIpc) is 2.08. The molecule has 1 saturated heterocycles. The highest BCUT2D eigenvalue weighted by Crippen LogP contribution is 2.17. The van der Waals surface area contributed by atoms with Crippen molar-refractivity contribution in [1.82, 2.24) is 0 Å². The molecule has 0 amide bonds. The van der Waals surface area contributed by atoms with Gasteiger partial charge in [-0.25, -0.2) is 0 Å². The summed E-state index contributed by atoms with van der Waals surface area (Å²) in [7, 11) is 0. The molecule has 0 aliphatic carbocycles. The largest absolute Gasteiger partial charge is 0.394 e. The maximum atomic E-state index is 9.20. The Hall–Kier alpha value is -0.240. The first-order chi connectivity index (χ1) is 5.57. The van der Waals surface area contributed by atoms with Gasteiger partial charge in [-0.1, -0.05) is 0 Å². The van der Waals surface area contributed by atoms with Crippen LogP contribution in [0.2, 0.25) is 0 Å². The minimum Gasteiger partial charge on any atom is -0.394 e. The van der Waals surface area contributed by atoms with Crippen molar-refractivity contribution in [3.63, 3.8) is 0 Å². The highest BCUT2D eigenvalue weighted by Gasteiger charge is 2.41. The molecule has 6 nitrogen and oxygen atoms in total. The van der Waals surface area contributed by atoms with E-state index >= 15 is 0 Å². The van der Waals surface area contributed by atoms with Gasteiger partial charge in [0.1, 0.15) is 18.3 Å². The van der Waals surface area contributed by atoms with Gasteiger partial charge in [0.15, 0.2) is 6.29 Å². The van der Waals surface area contributed by atoms with Crippen molar-refractivity contribution in [2.24, 2.45) is 5.73 Å². The first kappa shape index (κ1) is 9.85. The molecule has 6 heteroatoms. The van der Waals surface area contributed by atoms with Crippen LogP contribution in [-0.2, 0) is 4.74 Å². The van der Waals surface area contributed by atoms with Crippen molar-refractivity contribution in [2.75, 3.05) is 6.61 Å². The van der Waals surface area contributed by atoms with E-state index in [0.29, 0.717) is 0 Å². The predicted molar refractivity (Wildman–Crippen MR) is 38.0 cm³/mol. The zero-order valence-corrected chi connectivity index (χ0v) is 6.37. The summed E-state index contributed by atoms with van der Waals surface area (Å²) in [6, 6.07) is -1.04. The third-order valence-electron chi connectivity index (χ3n) is 1.95. The molecule has 72 valence electrons. The molecule has 1 fully saturated rings. The second-order valence-electron chi connectivity index (χ2n) is 2.81. The fourth-order valence-corrected chi connectivity index (χ4v) is 1.12. The van der Waals surface area contributed by atoms with E-state index in [9.17, 15) is 10.2 Å². The highest BCUT2D eigenvalue weighted by molar-refractivity contribution is 4.90. The van der Waals surface area contributed by atoms with Crippen LogP contribution in [0, 0.1) is 0 Å². The number of nitrogens with two attached hydrogens (primary N) is 1. The van der Waals surface area contributed by atoms with Crippen molar-refractivity contribution < 1.29 is 25.2 Å². The molecule has 0 bridgehead atoms. The molecule has 5 atom stereocenters. The molecule has 1 heterocycles. The van der Waals surface area contributed by atoms with E-state index in [2.05, 4.69) is 0 Å². The molecule has 1 rings (SSSR count). The van der Waals surface area contributed by atoms with E-state index < -0.39 is 37.3 Å². The minimum absolute atomic E-state index is 0.470. The molecule has 1 aliphatic heterocycles. The quantitative estimate of drug-likeness (QED) is 0.288. The van der Waals surface area contributed by atoms with E-state index in [4.69, 9.17) is 20.7 Å². The summed E-state index contributed by atoms with van der Waals surface area (Å²) in [5.74, 6) is 0. The van der Waals surface area contributed by atoms with Gasteiger partial charge in [-0.2, -0.15) is 0 Å². The summed E-state index contributed by atoms with van der Waals surface area (Å²) >= 11 is 0. The summed E-state index contributed by atoms with van der Waals surface area (Å²) in [6.45, 7) is -0.470. The lowest BCUT2D eigenvalue weighted by molar-refractivity contribution is -0.248.